The van der Waals surface area contributed by atoms with Crippen molar-refractivity contribution in [3.05, 3.63) is 35.9 Å². The maximum absolute atomic E-state index is 11.4. The van der Waals surface area contributed by atoms with E-state index in [1.807, 2.05) is 0 Å². The molecule has 1 aliphatic carbocycles. The quantitative estimate of drug-likeness (QED) is 0.551. The van der Waals surface area contributed by atoms with Gasteiger partial charge in [-0.05, 0) is 49.0 Å². The van der Waals surface area contributed by atoms with Gasteiger partial charge in [-0.25, -0.2) is 8.42 Å². The molecule has 0 amide bonds. The van der Waals surface area contributed by atoms with Gasteiger partial charge in [-0.2, -0.15) is 0 Å². The van der Waals surface area contributed by atoms with Crippen molar-refractivity contribution >= 4 is 15.8 Å². The molecular weight excluding hydrogens is 358 g/mol. The molecule has 5 nitrogen and oxygen atoms in total. The summed E-state index contributed by atoms with van der Waals surface area (Å²) in [6.45, 7) is 4.87. The highest BCUT2D eigenvalue weighted by molar-refractivity contribution is 7.90. The predicted molar refractivity (Wildman–Crippen MR) is 114 cm³/mol. The number of benzene rings is 1. The predicted octanol–water partition coefficient (Wildman–Crippen LogP) is 3.34. The third-order valence-electron chi connectivity index (χ3n) is 5.45. The Morgan fingerprint density at radius 1 is 1.15 bits per heavy atom. The summed E-state index contributed by atoms with van der Waals surface area (Å²) in [7, 11) is -1.14. The fraction of sp³-hybridized carbons (Fsp3) is 0.667. The second-order valence-electron chi connectivity index (χ2n) is 8.57. The Morgan fingerprint density at radius 2 is 1.78 bits per heavy atom. The van der Waals surface area contributed by atoms with E-state index in [-0.39, 0.29) is 11.2 Å². The molecule has 27 heavy (non-hydrogen) atoms. The number of hydrogen-bond donors (Lipinski definition) is 2. The normalized spacial score (nSPS) is 21.7. The second kappa shape index (κ2) is 9.58. The summed E-state index contributed by atoms with van der Waals surface area (Å²) >= 11 is 0. The van der Waals surface area contributed by atoms with Crippen LogP contribution in [-0.2, 0) is 9.84 Å². The molecule has 0 bridgehead atoms. The van der Waals surface area contributed by atoms with Crippen molar-refractivity contribution in [3.8, 4) is 0 Å². The van der Waals surface area contributed by atoms with Gasteiger partial charge in [0.15, 0.2) is 5.96 Å². The summed E-state index contributed by atoms with van der Waals surface area (Å²) in [5.41, 5.74) is 1.34. The number of rotatable bonds is 7. The highest BCUT2D eigenvalue weighted by Gasteiger charge is 2.24. The summed E-state index contributed by atoms with van der Waals surface area (Å²) in [5.74, 6) is 1.69. The van der Waals surface area contributed by atoms with Crippen LogP contribution in [0.15, 0.2) is 35.3 Å². The first-order chi connectivity index (χ1) is 12.7. The molecule has 1 saturated carbocycles. The van der Waals surface area contributed by atoms with Crippen molar-refractivity contribution in [3.63, 3.8) is 0 Å². The van der Waals surface area contributed by atoms with Crippen LogP contribution in [0, 0.1) is 5.41 Å². The summed E-state index contributed by atoms with van der Waals surface area (Å²) in [6, 6.07) is 11.2. The van der Waals surface area contributed by atoms with E-state index in [0.717, 1.165) is 18.8 Å². The van der Waals surface area contributed by atoms with E-state index in [1.165, 1.54) is 24.7 Å². The zero-order chi connectivity index (χ0) is 19.9. The molecule has 1 fully saturated rings. The molecular formula is C21H35N3O2S. The average molecular weight is 394 g/mol. The smallest absolute Gasteiger partial charge is 0.191 e. The third kappa shape index (κ3) is 7.91. The summed E-state index contributed by atoms with van der Waals surface area (Å²) in [6.07, 6.45) is 6.59. The maximum Gasteiger partial charge on any atom is 0.191 e. The van der Waals surface area contributed by atoms with Crippen LogP contribution in [0.4, 0.5) is 0 Å². The van der Waals surface area contributed by atoms with E-state index < -0.39 is 9.84 Å². The van der Waals surface area contributed by atoms with Crippen molar-refractivity contribution in [1.82, 2.24) is 10.6 Å². The van der Waals surface area contributed by atoms with Gasteiger partial charge in [-0.3, -0.25) is 4.99 Å². The highest BCUT2D eigenvalue weighted by atomic mass is 32.2. The van der Waals surface area contributed by atoms with Crippen LogP contribution in [-0.4, -0.2) is 46.0 Å². The second-order valence-corrected chi connectivity index (χ2v) is 10.8. The van der Waals surface area contributed by atoms with E-state index in [1.54, 1.807) is 7.05 Å². The van der Waals surface area contributed by atoms with Crippen molar-refractivity contribution in [2.24, 2.45) is 10.4 Å². The molecule has 2 rings (SSSR count). The summed E-state index contributed by atoms with van der Waals surface area (Å²) in [5, 5.41) is 6.92. The molecule has 0 aromatic heterocycles. The van der Waals surface area contributed by atoms with E-state index >= 15 is 0 Å². The van der Waals surface area contributed by atoms with E-state index in [9.17, 15) is 8.42 Å². The largest absolute Gasteiger partial charge is 0.356 e. The molecule has 0 unspecified atom stereocenters. The molecule has 2 N–H and O–H groups in total. The van der Waals surface area contributed by atoms with Crippen LogP contribution in [0.1, 0.15) is 57.4 Å². The first kappa shape index (κ1) is 21.7. The minimum atomic E-state index is -2.93. The number of guanidine groups is 1. The Kier molecular flexibility index (Phi) is 7.71. The van der Waals surface area contributed by atoms with Crippen LogP contribution in [0.5, 0.6) is 0 Å². The van der Waals surface area contributed by atoms with E-state index in [2.05, 4.69) is 59.8 Å². The molecule has 0 aliphatic heterocycles. The van der Waals surface area contributed by atoms with Gasteiger partial charge in [0, 0.05) is 25.9 Å². The number of aliphatic imine (C=N–C) groups is 1. The van der Waals surface area contributed by atoms with Crippen LogP contribution >= 0.6 is 0 Å². The number of sulfone groups is 1. The van der Waals surface area contributed by atoms with E-state index in [4.69, 9.17) is 0 Å². The minimum Gasteiger partial charge on any atom is -0.356 e. The minimum absolute atomic E-state index is 0.105. The zero-order valence-corrected chi connectivity index (χ0v) is 18.0. The van der Waals surface area contributed by atoms with Crippen molar-refractivity contribution in [2.75, 3.05) is 25.6 Å². The van der Waals surface area contributed by atoms with Gasteiger partial charge in [0.25, 0.3) is 0 Å². The molecule has 152 valence electrons. The Morgan fingerprint density at radius 3 is 2.33 bits per heavy atom. The Labute approximate surface area is 165 Å². The van der Waals surface area contributed by atoms with Gasteiger partial charge >= 0.3 is 0 Å². The highest BCUT2D eigenvalue weighted by Crippen LogP contribution is 2.32. The van der Waals surface area contributed by atoms with Crippen LogP contribution in [0.3, 0.4) is 0 Å². The Balaban J connectivity index is 1.77. The van der Waals surface area contributed by atoms with Gasteiger partial charge < -0.3 is 10.6 Å². The summed E-state index contributed by atoms with van der Waals surface area (Å²) < 4.78 is 22.8. The zero-order valence-electron chi connectivity index (χ0n) is 17.2. The molecule has 1 aromatic rings. The molecule has 0 heterocycles. The maximum atomic E-state index is 11.4. The number of nitrogens with zero attached hydrogens (tertiary/aromatic N) is 1. The third-order valence-corrected chi connectivity index (χ3v) is 6.39. The van der Waals surface area contributed by atoms with Crippen LogP contribution < -0.4 is 10.6 Å². The molecule has 1 aromatic carbocycles. The van der Waals surface area contributed by atoms with Gasteiger partial charge in [0.05, 0.1) is 5.75 Å². The molecule has 0 atom stereocenters. The lowest BCUT2D eigenvalue weighted by Gasteiger charge is -2.31. The Hall–Kier alpha value is -1.56. The average Bonchev–Trinajstić information content (AvgIpc) is 2.64. The van der Waals surface area contributed by atoms with Gasteiger partial charge in [-0.1, -0.05) is 44.2 Å². The molecule has 0 spiro atoms. The Bertz CT molecular complexity index is 706. The van der Waals surface area contributed by atoms with Gasteiger partial charge in [0.1, 0.15) is 9.84 Å². The fourth-order valence-corrected chi connectivity index (χ4v) is 4.48. The molecule has 1 aliphatic rings. The first-order valence-electron chi connectivity index (χ1n) is 9.88. The monoisotopic (exact) mass is 393 g/mol. The van der Waals surface area contributed by atoms with E-state index in [0.29, 0.717) is 24.9 Å². The molecule has 0 radical (unpaired) electrons. The molecule has 0 saturated heterocycles. The lowest BCUT2D eigenvalue weighted by Crippen LogP contribution is -2.47. The van der Waals surface area contributed by atoms with Crippen molar-refractivity contribution in [2.45, 2.75) is 57.9 Å². The SMILES string of the molecule is CN=C(NCC(C)(C)CCS(C)(=O)=O)NC1CCC(c2ccccc2)CC1. The lowest BCUT2D eigenvalue weighted by atomic mass is 9.82. The standard InChI is InChI=1S/C21H35N3O2S/c1-21(2,14-15-27(4,25)26)16-23-20(22-3)24-19-12-10-18(11-13-19)17-8-6-5-7-9-17/h5-9,18-19H,10-16H2,1-4H3,(H2,22,23,24). The fourth-order valence-electron chi connectivity index (χ4n) is 3.56. The van der Waals surface area contributed by atoms with Gasteiger partial charge in [-0.15, -0.1) is 0 Å². The van der Waals surface area contributed by atoms with Crippen LogP contribution in [0.2, 0.25) is 0 Å². The first-order valence-corrected chi connectivity index (χ1v) is 11.9. The number of hydrogen-bond acceptors (Lipinski definition) is 3. The lowest BCUT2D eigenvalue weighted by molar-refractivity contribution is 0.342. The summed E-state index contributed by atoms with van der Waals surface area (Å²) in [4.78, 5) is 4.35. The van der Waals surface area contributed by atoms with Crippen LogP contribution in [0.25, 0.3) is 0 Å². The van der Waals surface area contributed by atoms with Crippen molar-refractivity contribution in [1.29, 1.82) is 0 Å². The molecule has 6 heteroatoms. The van der Waals surface area contributed by atoms with Gasteiger partial charge in [0.2, 0.25) is 0 Å². The topological polar surface area (TPSA) is 70.6 Å². The number of nitrogens with one attached hydrogen (secondary N) is 2. The van der Waals surface area contributed by atoms with Crippen molar-refractivity contribution < 1.29 is 8.42 Å².